The maximum absolute atomic E-state index is 13.0. The van der Waals surface area contributed by atoms with E-state index in [4.69, 9.17) is 18.9 Å². The van der Waals surface area contributed by atoms with Gasteiger partial charge in [0.25, 0.3) is 6.29 Å². The largest absolute Gasteiger partial charge is 0.477 e. The minimum absolute atomic E-state index is 0.180. The van der Waals surface area contributed by atoms with Gasteiger partial charge in [-0.1, -0.05) is 329 Å². The fraction of sp³-hybridized carbons (Fsp3) is 0.756. The SMILES string of the molecule is CC/C=C\C/C=C\C/C=C\C/C=C\C/C=C\C/C=C\C/C=C\C/C=C\CCCCCCCCCCCCCCCCCCC(=O)OC(COC(=O)CCCCCCCCCCCCCCCCCCCCCCC)COC(OCC[N+](C)(C)C)C(=O)O. The van der Waals surface area contributed by atoms with E-state index in [-0.39, 0.29) is 32.2 Å². The first-order valence-corrected chi connectivity index (χ1v) is 36.4. The van der Waals surface area contributed by atoms with Crippen molar-refractivity contribution in [2.24, 2.45) is 0 Å². The molecule has 0 aromatic heterocycles. The molecular formula is C78H138NO8+. The predicted molar refractivity (Wildman–Crippen MR) is 373 cm³/mol. The maximum atomic E-state index is 13.0. The Morgan fingerprint density at radius 3 is 0.977 bits per heavy atom. The molecule has 0 radical (unpaired) electrons. The molecule has 0 saturated heterocycles. The molecule has 0 aliphatic heterocycles. The van der Waals surface area contributed by atoms with E-state index in [1.807, 2.05) is 21.1 Å². The average molecular weight is 1220 g/mol. The lowest BCUT2D eigenvalue weighted by molar-refractivity contribution is -0.870. The van der Waals surface area contributed by atoms with Gasteiger partial charge in [-0.2, -0.15) is 0 Å². The smallest absolute Gasteiger partial charge is 0.361 e. The van der Waals surface area contributed by atoms with Crippen LogP contribution in [-0.2, 0) is 33.3 Å². The van der Waals surface area contributed by atoms with Gasteiger partial charge in [0.1, 0.15) is 13.2 Å². The molecule has 9 heteroatoms. The van der Waals surface area contributed by atoms with Gasteiger partial charge in [-0.05, 0) is 77.0 Å². The van der Waals surface area contributed by atoms with E-state index >= 15 is 0 Å². The molecule has 502 valence electrons. The van der Waals surface area contributed by atoms with Gasteiger partial charge in [0.15, 0.2) is 6.10 Å². The maximum Gasteiger partial charge on any atom is 0.361 e. The number of carboxylic acid groups (broad SMARTS) is 1. The first kappa shape index (κ1) is 83.2. The van der Waals surface area contributed by atoms with E-state index in [1.165, 1.54) is 205 Å². The summed E-state index contributed by atoms with van der Waals surface area (Å²) in [5, 5.41) is 9.75. The van der Waals surface area contributed by atoms with E-state index in [0.29, 0.717) is 17.4 Å². The lowest BCUT2D eigenvalue weighted by atomic mass is 10.0. The van der Waals surface area contributed by atoms with Crippen LogP contribution >= 0.6 is 0 Å². The zero-order chi connectivity index (χ0) is 63.3. The Kier molecular flexibility index (Phi) is 65.2. The molecule has 0 aliphatic carbocycles. The van der Waals surface area contributed by atoms with Crippen LogP contribution in [0.2, 0.25) is 0 Å². The minimum Gasteiger partial charge on any atom is -0.477 e. The summed E-state index contributed by atoms with van der Waals surface area (Å²) in [6.07, 6.45) is 91.0. The van der Waals surface area contributed by atoms with Crippen LogP contribution in [-0.4, -0.2) is 87.4 Å². The molecular weight excluding hydrogens is 1080 g/mol. The topological polar surface area (TPSA) is 108 Å². The number of carbonyl (C=O) groups excluding carboxylic acids is 2. The third kappa shape index (κ3) is 69.5. The quantitative estimate of drug-likeness (QED) is 0.0211. The number of ether oxygens (including phenoxy) is 4. The van der Waals surface area contributed by atoms with Crippen LogP contribution in [0.5, 0.6) is 0 Å². The lowest BCUT2D eigenvalue weighted by Gasteiger charge is -2.25. The number of rotatable bonds is 67. The standard InChI is InChI=1S/C78H137NO8/c1-6-8-10-12-14-16-18-20-22-24-26-28-29-30-31-32-33-34-35-36-37-38-39-40-41-42-43-44-45-46-47-49-51-53-55-57-59-61-63-65-67-69-76(81)87-74(73-86-78(77(82)83)84-71-70-79(3,4)5)72-85-75(80)68-66-64-62-60-58-56-54-52-50-48-27-25-23-21-19-17-15-13-11-9-7-2/h8,10,14,16,20,22,26,28,30-31,33-34,36-37,39-40,74,78H,6-7,9,11-13,15,17-19,21,23-25,27,29,32,35,38,41-73H2,1-5H3/p+1/b10-8-,16-14-,22-20-,28-26-,31-30-,34-33-,37-36-,40-39-. The van der Waals surface area contributed by atoms with Crippen molar-refractivity contribution < 1.29 is 42.9 Å². The van der Waals surface area contributed by atoms with Gasteiger partial charge in [0.2, 0.25) is 0 Å². The van der Waals surface area contributed by atoms with E-state index < -0.39 is 24.3 Å². The summed E-state index contributed by atoms with van der Waals surface area (Å²) in [5.41, 5.74) is 0. The third-order valence-corrected chi connectivity index (χ3v) is 15.9. The van der Waals surface area contributed by atoms with Gasteiger partial charge >= 0.3 is 17.9 Å². The van der Waals surface area contributed by atoms with Crippen molar-refractivity contribution in [3.63, 3.8) is 0 Å². The van der Waals surface area contributed by atoms with Crippen molar-refractivity contribution >= 4 is 17.9 Å². The second kappa shape index (κ2) is 68.1. The molecule has 1 N–H and O–H groups in total. The Morgan fingerprint density at radius 1 is 0.356 bits per heavy atom. The number of quaternary nitrogens is 1. The summed E-state index contributed by atoms with van der Waals surface area (Å²) in [6.45, 7) is 4.81. The van der Waals surface area contributed by atoms with Crippen molar-refractivity contribution in [3.8, 4) is 0 Å². The van der Waals surface area contributed by atoms with Crippen molar-refractivity contribution in [2.45, 2.75) is 334 Å². The molecule has 2 atom stereocenters. The molecule has 0 fully saturated rings. The predicted octanol–water partition coefficient (Wildman–Crippen LogP) is 22.8. The Bertz CT molecular complexity index is 1750. The van der Waals surface area contributed by atoms with Crippen LogP contribution in [0.15, 0.2) is 97.2 Å². The van der Waals surface area contributed by atoms with E-state index in [2.05, 4.69) is 111 Å². The van der Waals surface area contributed by atoms with Gasteiger partial charge in [-0.3, -0.25) is 9.59 Å². The van der Waals surface area contributed by atoms with Gasteiger partial charge in [-0.15, -0.1) is 0 Å². The molecule has 0 saturated carbocycles. The molecule has 0 bridgehead atoms. The molecule has 0 heterocycles. The highest BCUT2D eigenvalue weighted by Gasteiger charge is 2.25. The fourth-order valence-electron chi connectivity index (χ4n) is 10.3. The number of likely N-dealkylation sites (N-methyl/N-ethyl adjacent to an activating group) is 1. The second-order valence-electron chi connectivity index (χ2n) is 25.5. The van der Waals surface area contributed by atoms with Crippen molar-refractivity contribution in [2.75, 3.05) is 47.5 Å². The van der Waals surface area contributed by atoms with Crippen LogP contribution in [0.4, 0.5) is 0 Å². The highest BCUT2D eigenvalue weighted by atomic mass is 16.7. The normalized spacial score (nSPS) is 13.3. The number of hydrogen-bond donors (Lipinski definition) is 1. The molecule has 2 unspecified atom stereocenters. The van der Waals surface area contributed by atoms with E-state index in [9.17, 15) is 19.5 Å². The Labute approximate surface area is 537 Å². The number of allylic oxidation sites excluding steroid dienone is 16. The number of unbranched alkanes of at least 4 members (excludes halogenated alkanes) is 36. The van der Waals surface area contributed by atoms with Crippen LogP contribution in [0.25, 0.3) is 0 Å². The molecule has 0 aromatic rings. The summed E-state index contributed by atoms with van der Waals surface area (Å²) in [5.74, 6) is -1.99. The van der Waals surface area contributed by atoms with Crippen LogP contribution in [0, 0.1) is 0 Å². The number of hydrogen-bond acceptors (Lipinski definition) is 7. The van der Waals surface area contributed by atoms with Gasteiger partial charge < -0.3 is 28.5 Å². The number of carboxylic acids is 1. The van der Waals surface area contributed by atoms with Gasteiger partial charge in [0.05, 0.1) is 34.4 Å². The number of carbonyl (C=O) groups is 3. The monoisotopic (exact) mass is 1220 g/mol. The van der Waals surface area contributed by atoms with Crippen molar-refractivity contribution in [1.82, 2.24) is 0 Å². The first-order chi connectivity index (χ1) is 42.6. The van der Waals surface area contributed by atoms with Gasteiger partial charge in [0, 0.05) is 12.8 Å². The van der Waals surface area contributed by atoms with E-state index in [0.717, 1.165) is 89.9 Å². The molecule has 87 heavy (non-hydrogen) atoms. The molecule has 0 rings (SSSR count). The highest BCUT2D eigenvalue weighted by molar-refractivity contribution is 5.71. The van der Waals surface area contributed by atoms with E-state index in [1.54, 1.807) is 0 Å². The molecule has 0 aromatic carbocycles. The Hall–Kier alpha value is -3.79. The van der Waals surface area contributed by atoms with Gasteiger partial charge in [-0.25, -0.2) is 4.79 Å². The van der Waals surface area contributed by atoms with Crippen LogP contribution in [0.1, 0.15) is 322 Å². The van der Waals surface area contributed by atoms with Crippen LogP contribution < -0.4 is 0 Å². The summed E-state index contributed by atoms with van der Waals surface area (Å²) in [4.78, 5) is 37.6. The third-order valence-electron chi connectivity index (χ3n) is 15.9. The average Bonchev–Trinajstić information content (AvgIpc) is 3.59. The molecule has 9 nitrogen and oxygen atoms in total. The first-order valence-electron chi connectivity index (χ1n) is 36.4. The zero-order valence-corrected chi connectivity index (χ0v) is 57.4. The highest BCUT2D eigenvalue weighted by Crippen LogP contribution is 2.18. The number of esters is 2. The van der Waals surface area contributed by atoms with Crippen molar-refractivity contribution in [1.29, 1.82) is 0 Å². The number of nitrogens with zero attached hydrogens (tertiary/aromatic N) is 1. The molecule has 0 aliphatic rings. The summed E-state index contributed by atoms with van der Waals surface area (Å²) in [6, 6.07) is 0. The minimum atomic E-state index is -1.51. The molecule has 0 spiro atoms. The van der Waals surface area contributed by atoms with Crippen LogP contribution in [0.3, 0.4) is 0 Å². The summed E-state index contributed by atoms with van der Waals surface area (Å²) < 4.78 is 23.0. The zero-order valence-electron chi connectivity index (χ0n) is 57.4. The fourth-order valence-corrected chi connectivity index (χ4v) is 10.3. The summed E-state index contributed by atoms with van der Waals surface area (Å²) >= 11 is 0. The Morgan fingerprint density at radius 2 is 0.655 bits per heavy atom. The molecule has 0 amide bonds. The van der Waals surface area contributed by atoms with Crippen molar-refractivity contribution in [3.05, 3.63) is 97.2 Å². The number of aliphatic carboxylic acids is 1. The summed E-state index contributed by atoms with van der Waals surface area (Å²) in [7, 11) is 5.98. The Balaban J connectivity index is 4.04. The lowest BCUT2D eigenvalue weighted by Crippen LogP contribution is -2.40. The second-order valence-corrected chi connectivity index (χ2v) is 25.5.